The average Bonchev–Trinajstić information content (AvgIpc) is 3.44. The molecule has 1 aliphatic heterocycles. The van der Waals surface area contributed by atoms with Gasteiger partial charge < -0.3 is 0 Å². The molecule has 2 radical (unpaired) electrons. The Hall–Kier alpha value is -2.70. The van der Waals surface area contributed by atoms with Crippen LogP contribution in [-0.4, -0.2) is 11.1 Å². The summed E-state index contributed by atoms with van der Waals surface area (Å²) in [6, 6.07) is 15.9. The molecular weight excluding hydrogens is 448 g/mol. The molecule has 190 valence electrons. The van der Waals surface area contributed by atoms with Gasteiger partial charge in [0, 0.05) is 17.3 Å². The molecule has 0 spiro atoms. The van der Waals surface area contributed by atoms with Crippen molar-refractivity contribution in [3.05, 3.63) is 71.8 Å². The van der Waals surface area contributed by atoms with E-state index in [-0.39, 0.29) is 17.3 Å². The van der Waals surface area contributed by atoms with Crippen LogP contribution in [0, 0.1) is 17.3 Å². The van der Waals surface area contributed by atoms with Gasteiger partial charge in [-0.25, -0.2) is 10.1 Å². The summed E-state index contributed by atoms with van der Waals surface area (Å²) in [5.74, 6) is 0.384. The molecule has 1 fully saturated rings. The predicted octanol–water partition coefficient (Wildman–Crippen LogP) is 7.38. The number of benzene rings is 2. The van der Waals surface area contributed by atoms with Crippen LogP contribution in [0.1, 0.15) is 72.9 Å². The summed E-state index contributed by atoms with van der Waals surface area (Å²) in [6.07, 6.45) is 5.47. The maximum absolute atomic E-state index is 13.1. The zero-order chi connectivity index (χ0) is 26.3. The van der Waals surface area contributed by atoms with Crippen LogP contribution in [0.25, 0.3) is 0 Å². The standard InChI is InChI=1S/C30H38N4O2/c1-26(2,3)33(35)22-14-9-12-20(18-22)29-24-16-11-17-25(24)30(32-31-29,28(29,7)8)21-13-10-15-23(19-21)34(36)27(4,5)6/h9-16,18-19,24-25H,17H2,1-8H3. The number of anilines is 2. The zero-order valence-electron chi connectivity index (χ0n) is 22.7. The van der Waals surface area contributed by atoms with Crippen molar-refractivity contribution in [2.45, 2.75) is 84.0 Å². The molecule has 2 aromatic carbocycles. The van der Waals surface area contributed by atoms with Crippen LogP contribution in [0.5, 0.6) is 0 Å². The maximum atomic E-state index is 13.1. The van der Waals surface area contributed by atoms with E-state index >= 15 is 0 Å². The van der Waals surface area contributed by atoms with Crippen LogP contribution in [-0.2, 0) is 21.5 Å². The molecule has 0 aromatic heterocycles. The molecule has 0 saturated heterocycles. The minimum Gasteiger partial charge on any atom is -0.215 e. The number of azo groups is 1. The molecule has 4 atom stereocenters. The molecule has 0 amide bonds. The summed E-state index contributed by atoms with van der Waals surface area (Å²) >= 11 is 0. The van der Waals surface area contributed by atoms with Crippen molar-refractivity contribution in [3.63, 3.8) is 0 Å². The molecule has 36 heavy (non-hydrogen) atoms. The first-order valence-corrected chi connectivity index (χ1v) is 12.9. The fourth-order valence-electron chi connectivity index (χ4n) is 6.99. The quantitative estimate of drug-likeness (QED) is 0.334. The Labute approximate surface area is 215 Å². The van der Waals surface area contributed by atoms with Crippen LogP contribution in [0.4, 0.5) is 11.4 Å². The molecular formula is C30H38N4O2. The number of hydroxylamine groups is 2. The molecule has 2 aromatic rings. The Morgan fingerprint density at radius 3 is 1.75 bits per heavy atom. The summed E-state index contributed by atoms with van der Waals surface area (Å²) in [5, 5.41) is 38.6. The highest BCUT2D eigenvalue weighted by atomic mass is 16.5. The van der Waals surface area contributed by atoms with Crippen molar-refractivity contribution in [2.75, 3.05) is 10.1 Å². The van der Waals surface area contributed by atoms with Crippen LogP contribution in [0.15, 0.2) is 70.9 Å². The molecule has 1 saturated carbocycles. The lowest BCUT2D eigenvalue weighted by Gasteiger charge is -2.42. The van der Waals surface area contributed by atoms with Gasteiger partial charge in [0.2, 0.25) is 0 Å². The average molecular weight is 487 g/mol. The number of allylic oxidation sites excluding steroid dienone is 1. The summed E-state index contributed by atoms with van der Waals surface area (Å²) in [6.45, 7) is 16.0. The smallest absolute Gasteiger partial charge is 0.121 e. The second-order valence-electron chi connectivity index (χ2n) is 13.2. The van der Waals surface area contributed by atoms with Gasteiger partial charge in [0.1, 0.15) is 11.1 Å². The summed E-state index contributed by atoms with van der Waals surface area (Å²) in [4.78, 5) is 0. The van der Waals surface area contributed by atoms with E-state index in [4.69, 9.17) is 10.2 Å². The van der Waals surface area contributed by atoms with Crippen molar-refractivity contribution in [1.29, 1.82) is 0 Å². The van der Waals surface area contributed by atoms with Gasteiger partial charge in [-0.05, 0) is 83.4 Å². The topological polar surface area (TPSA) is 71.0 Å². The van der Waals surface area contributed by atoms with E-state index in [9.17, 15) is 10.4 Å². The Kier molecular flexibility index (Phi) is 5.31. The first kappa shape index (κ1) is 25.0. The van der Waals surface area contributed by atoms with Crippen LogP contribution < -0.4 is 10.1 Å². The summed E-state index contributed by atoms with van der Waals surface area (Å²) < 4.78 is 0. The molecule has 2 aliphatic carbocycles. The first-order chi connectivity index (χ1) is 16.7. The van der Waals surface area contributed by atoms with Gasteiger partial charge in [-0.3, -0.25) is 0 Å². The van der Waals surface area contributed by atoms with Gasteiger partial charge in [0.05, 0.1) is 22.5 Å². The zero-order valence-corrected chi connectivity index (χ0v) is 22.7. The molecule has 6 heteroatoms. The lowest BCUT2D eigenvalue weighted by Crippen LogP contribution is -2.44. The van der Waals surface area contributed by atoms with E-state index < -0.39 is 22.2 Å². The predicted molar refractivity (Wildman–Crippen MR) is 141 cm³/mol. The van der Waals surface area contributed by atoms with E-state index in [0.29, 0.717) is 11.4 Å². The Bertz CT molecular complexity index is 1240. The minimum atomic E-state index is -0.601. The lowest BCUT2D eigenvalue weighted by molar-refractivity contribution is 0.101. The SMILES string of the molecule is CC(C)(C)N([O])c1cccc(C23N=NC(c4cccc(N([O])C(C)(C)C)c4)(C4CC=CC42)C3(C)C)c1. The molecule has 6 nitrogen and oxygen atoms in total. The van der Waals surface area contributed by atoms with E-state index in [1.165, 1.54) is 0 Å². The van der Waals surface area contributed by atoms with Crippen LogP contribution >= 0.6 is 0 Å². The number of fused-ring (bicyclic) bond motifs is 5. The van der Waals surface area contributed by atoms with Gasteiger partial charge in [0.15, 0.2) is 0 Å². The highest BCUT2D eigenvalue weighted by Gasteiger charge is 2.77. The second-order valence-corrected chi connectivity index (χ2v) is 13.2. The Balaban J connectivity index is 1.67. The Morgan fingerprint density at radius 1 is 0.778 bits per heavy atom. The summed E-state index contributed by atoms with van der Waals surface area (Å²) in [5.41, 5.74) is 0.683. The van der Waals surface area contributed by atoms with Crippen molar-refractivity contribution in [2.24, 2.45) is 27.5 Å². The molecule has 4 unspecified atom stereocenters. The first-order valence-electron chi connectivity index (χ1n) is 12.9. The minimum absolute atomic E-state index is 0.157. The van der Waals surface area contributed by atoms with Gasteiger partial charge in [0.25, 0.3) is 0 Å². The third kappa shape index (κ3) is 3.10. The van der Waals surface area contributed by atoms with Crippen molar-refractivity contribution in [1.82, 2.24) is 0 Å². The fourth-order valence-corrected chi connectivity index (χ4v) is 6.99. The van der Waals surface area contributed by atoms with E-state index in [2.05, 4.69) is 38.1 Å². The van der Waals surface area contributed by atoms with Crippen molar-refractivity contribution < 1.29 is 10.4 Å². The molecule has 5 rings (SSSR count). The number of hydrogen-bond donors (Lipinski definition) is 0. The molecule has 1 heterocycles. The summed E-state index contributed by atoms with van der Waals surface area (Å²) in [7, 11) is 0. The Morgan fingerprint density at radius 2 is 1.25 bits per heavy atom. The van der Waals surface area contributed by atoms with Crippen molar-refractivity contribution in [3.8, 4) is 0 Å². The van der Waals surface area contributed by atoms with Gasteiger partial charge in [-0.1, -0.05) is 60.7 Å². The number of rotatable bonds is 4. The third-order valence-corrected chi connectivity index (χ3v) is 8.72. The molecule has 2 bridgehead atoms. The number of hydrogen-bond acceptors (Lipinski definition) is 4. The van der Waals surface area contributed by atoms with E-state index in [1.54, 1.807) is 0 Å². The monoisotopic (exact) mass is 486 g/mol. The van der Waals surface area contributed by atoms with Gasteiger partial charge >= 0.3 is 0 Å². The molecule has 0 N–H and O–H groups in total. The van der Waals surface area contributed by atoms with Crippen LogP contribution in [0.3, 0.4) is 0 Å². The molecule has 3 aliphatic rings. The third-order valence-electron chi connectivity index (χ3n) is 8.72. The van der Waals surface area contributed by atoms with E-state index in [0.717, 1.165) is 27.7 Å². The highest BCUT2D eigenvalue weighted by molar-refractivity contribution is 5.56. The van der Waals surface area contributed by atoms with Crippen LogP contribution in [0.2, 0.25) is 0 Å². The van der Waals surface area contributed by atoms with Gasteiger partial charge in [-0.15, -0.1) is 0 Å². The normalized spacial score (nSPS) is 30.1. The van der Waals surface area contributed by atoms with Crippen molar-refractivity contribution >= 4 is 11.4 Å². The largest absolute Gasteiger partial charge is 0.215 e. The van der Waals surface area contributed by atoms with Gasteiger partial charge in [-0.2, -0.15) is 10.2 Å². The second kappa shape index (κ2) is 7.65. The fraction of sp³-hybridized carbons (Fsp3) is 0.533. The highest BCUT2D eigenvalue weighted by Crippen LogP contribution is 2.76. The maximum Gasteiger partial charge on any atom is 0.121 e. The van der Waals surface area contributed by atoms with E-state index in [1.807, 2.05) is 77.9 Å². The number of nitrogens with zero attached hydrogens (tertiary/aromatic N) is 4. The lowest BCUT2D eigenvalue weighted by atomic mass is 9.61.